The van der Waals surface area contributed by atoms with Crippen LogP contribution in [0.5, 0.6) is 0 Å². The number of anilines is 4. The molecule has 0 aliphatic carbocycles. The molecule has 0 aromatic heterocycles. The van der Waals surface area contributed by atoms with Crippen LogP contribution in [-0.4, -0.2) is 12.0 Å². The second kappa shape index (κ2) is 8.85. The van der Waals surface area contributed by atoms with Gasteiger partial charge in [-0.15, -0.1) is 0 Å². The van der Waals surface area contributed by atoms with Crippen molar-refractivity contribution in [3.8, 4) is 0 Å². The number of cyclic esters (lactones) is 1. The lowest BCUT2D eigenvalue weighted by atomic mass is 10.1. The van der Waals surface area contributed by atoms with Crippen LogP contribution in [0.4, 0.5) is 27.5 Å². The SMILES string of the molecule is O=C1O/C(=C/c2ccc(N(c3ccccc3)c3ccccc3)cc2)C(=O)N1c1ccccc1. The molecule has 1 fully saturated rings. The van der Waals surface area contributed by atoms with Crippen LogP contribution in [0.25, 0.3) is 6.08 Å². The van der Waals surface area contributed by atoms with Gasteiger partial charge in [-0.2, -0.15) is 0 Å². The molecule has 0 bridgehead atoms. The minimum absolute atomic E-state index is 0.000391. The van der Waals surface area contributed by atoms with E-state index in [1.54, 1.807) is 30.3 Å². The molecule has 5 rings (SSSR count). The lowest BCUT2D eigenvalue weighted by Crippen LogP contribution is -2.28. The fraction of sp³-hybridized carbons (Fsp3) is 0. The molecule has 0 unspecified atom stereocenters. The van der Waals surface area contributed by atoms with Gasteiger partial charge in [0.1, 0.15) is 0 Å². The highest BCUT2D eigenvalue weighted by molar-refractivity contribution is 6.24. The third-order valence-electron chi connectivity index (χ3n) is 5.29. The third kappa shape index (κ3) is 4.12. The zero-order valence-electron chi connectivity index (χ0n) is 17.7. The standard InChI is InChI=1S/C28H20N2O3/c31-27-26(33-28(32)30(27)24-14-8-3-9-15-24)20-21-16-18-25(19-17-21)29(22-10-4-1-5-11-22)23-12-6-2-7-13-23/h1-20H/b26-20+. The van der Waals surface area contributed by atoms with Gasteiger partial charge in [-0.05, 0) is 60.2 Å². The summed E-state index contributed by atoms with van der Waals surface area (Å²) < 4.78 is 5.25. The molecule has 5 heteroatoms. The summed E-state index contributed by atoms with van der Waals surface area (Å²) in [5.74, 6) is -0.481. The summed E-state index contributed by atoms with van der Waals surface area (Å²) >= 11 is 0. The molecular formula is C28H20N2O3. The second-order valence-electron chi connectivity index (χ2n) is 7.45. The van der Waals surface area contributed by atoms with Crippen molar-refractivity contribution in [1.29, 1.82) is 0 Å². The minimum Gasteiger partial charge on any atom is -0.404 e. The average Bonchev–Trinajstić information content (AvgIpc) is 3.14. The molecule has 4 aromatic carbocycles. The Morgan fingerprint density at radius 1 is 0.606 bits per heavy atom. The minimum atomic E-state index is -0.701. The van der Waals surface area contributed by atoms with Crippen molar-refractivity contribution in [3.05, 3.63) is 127 Å². The molecule has 2 amide bonds. The van der Waals surface area contributed by atoms with Gasteiger partial charge in [-0.3, -0.25) is 4.79 Å². The monoisotopic (exact) mass is 432 g/mol. The number of ether oxygens (including phenoxy) is 1. The van der Waals surface area contributed by atoms with E-state index in [4.69, 9.17) is 4.74 Å². The summed E-state index contributed by atoms with van der Waals surface area (Å²) in [6, 6.07) is 36.7. The number of nitrogens with zero attached hydrogens (tertiary/aromatic N) is 2. The van der Waals surface area contributed by atoms with Crippen molar-refractivity contribution in [1.82, 2.24) is 0 Å². The zero-order chi connectivity index (χ0) is 22.6. The van der Waals surface area contributed by atoms with Crippen LogP contribution in [0.1, 0.15) is 5.56 Å². The van der Waals surface area contributed by atoms with E-state index in [1.165, 1.54) is 0 Å². The van der Waals surface area contributed by atoms with Crippen molar-refractivity contribution in [2.24, 2.45) is 0 Å². The molecule has 4 aromatic rings. The number of para-hydroxylation sites is 3. The van der Waals surface area contributed by atoms with Gasteiger partial charge in [0, 0.05) is 17.1 Å². The average molecular weight is 432 g/mol. The van der Waals surface area contributed by atoms with Gasteiger partial charge in [-0.25, -0.2) is 9.69 Å². The predicted molar refractivity (Wildman–Crippen MR) is 130 cm³/mol. The highest BCUT2D eigenvalue weighted by Crippen LogP contribution is 2.34. The molecule has 0 atom stereocenters. The smallest absolute Gasteiger partial charge is 0.404 e. The third-order valence-corrected chi connectivity index (χ3v) is 5.29. The largest absolute Gasteiger partial charge is 0.427 e. The van der Waals surface area contributed by atoms with Crippen LogP contribution >= 0.6 is 0 Å². The number of imide groups is 1. The molecule has 0 N–H and O–H groups in total. The molecule has 5 nitrogen and oxygen atoms in total. The van der Waals surface area contributed by atoms with E-state index in [-0.39, 0.29) is 5.76 Å². The van der Waals surface area contributed by atoms with E-state index >= 15 is 0 Å². The van der Waals surface area contributed by atoms with Crippen LogP contribution in [-0.2, 0) is 9.53 Å². The summed E-state index contributed by atoms with van der Waals surface area (Å²) in [7, 11) is 0. The topological polar surface area (TPSA) is 49.9 Å². The number of hydrogen-bond donors (Lipinski definition) is 0. The van der Waals surface area contributed by atoms with Gasteiger partial charge in [0.2, 0.25) is 0 Å². The second-order valence-corrected chi connectivity index (χ2v) is 7.45. The van der Waals surface area contributed by atoms with E-state index in [0.717, 1.165) is 27.5 Å². The molecule has 1 saturated heterocycles. The van der Waals surface area contributed by atoms with Crippen molar-refractivity contribution in [2.75, 3.05) is 9.80 Å². The molecule has 0 radical (unpaired) electrons. The van der Waals surface area contributed by atoms with E-state index in [2.05, 4.69) is 29.2 Å². The molecule has 160 valence electrons. The van der Waals surface area contributed by atoms with E-state index < -0.39 is 12.0 Å². The van der Waals surface area contributed by atoms with Crippen LogP contribution < -0.4 is 9.80 Å². The Hall–Kier alpha value is -4.64. The quantitative estimate of drug-likeness (QED) is 0.330. The molecule has 1 aliphatic rings. The molecule has 1 heterocycles. The van der Waals surface area contributed by atoms with Gasteiger partial charge < -0.3 is 9.64 Å². The zero-order valence-corrected chi connectivity index (χ0v) is 17.7. The van der Waals surface area contributed by atoms with E-state index in [1.807, 2.05) is 66.7 Å². The molecule has 0 saturated carbocycles. The maximum absolute atomic E-state index is 12.8. The Morgan fingerprint density at radius 3 is 1.64 bits per heavy atom. The number of benzene rings is 4. The maximum Gasteiger partial charge on any atom is 0.427 e. The Kier molecular flexibility index (Phi) is 5.43. The number of carbonyl (C=O) groups excluding carboxylic acids is 2. The summed E-state index contributed by atoms with van der Waals surface area (Å²) in [6.07, 6.45) is 0.885. The van der Waals surface area contributed by atoms with Gasteiger partial charge >= 0.3 is 12.0 Å². The summed E-state index contributed by atoms with van der Waals surface area (Å²) in [5.41, 5.74) is 4.27. The summed E-state index contributed by atoms with van der Waals surface area (Å²) in [4.78, 5) is 28.2. The van der Waals surface area contributed by atoms with Crippen LogP contribution in [0.2, 0.25) is 0 Å². The summed E-state index contributed by atoms with van der Waals surface area (Å²) in [6.45, 7) is 0. The first-order chi connectivity index (χ1) is 16.2. The van der Waals surface area contributed by atoms with Crippen LogP contribution in [0.15, 0.2) is 121 Å². The molecule has 33 heavy (non-hydrogen) atoms. The highest BCUT2D eigenvalue weighted by Gasteiger charge is 2.37. The van der Waals surface area contributed by atoms with Gasteiger partial charge in [0.25, 0.3) is 0 Å². The van der Waals surface area contributed by atoms with Crippen molar-refractivity contribution in [3.63, 3.8) is 0 Å². The van der Waals surface area contributed by atoms with Crippen molar-refractivity contribution in [2.45, 2.75) is 0 Å². The maximum atomic E-state index is 12.8. The normalized spacial score (nSPS) is 14.4. The number of carbonyl (C=O) groups is 2. The lowest BCUT2D eigenvalue weighted by Gasteiger charge is -2.25. The van der Waals surface area contributed by atoms with E-state index in [9.17, 15) is 9.59 Å². The Balaban J connectivity index is 1.44. The van der Waals surface area contributed by atoms with Crippen molar-refractivity contribution >= 4 is 40.8 Å². The first kappa shape index (κ1) is 20.3. The lowest BCUT2D eigenvalue weighted by molar-refractivity contribution is -0.114. The van der Waals surface area contributed by atoms with Crippen molar-refractivity contribution < 1.29 is 14.3 Å². The molecule has 0 spiro atoms. The molecule has 1 aliphatic heterocycles. The van der Waals surface area contributed by atoms with Gasteiger partial charge in [0.15, 0.2) is 5.76 Å². The molecular weight excluding hydrogens is 412 g/mol. The Labute approximate surface area is 191 Å². The number of amides is 2. The van der Waals surface area contributed by atoms with Crippen LogP contribution in [0, 0.1) is 0 Å². The highest BCUT2D eigenvalue weighted by atomic mass is 16.6. The number of hydrogen-bond acceptors (Lipinski definition) is 4. The van der Waals surface area contributed by atoms with Gasteiger partial charge in [-0.1, -0.05) is 66.7 Å². The number of rotatable bonds is 5. The fourth-order valence-electron chi connectivity index (χ4n) is 3.74. The van der Waals surface area contributed by atoms with E-state index in [0.29, 0.717) is 5.69 Å². The fourth-order valence-corrected chi connectivity index (χ4v) is 3.74. The Morgan fingerprint density at radius 2 is 1.09 bits per heavy atom. The predicted octanol–water partition coefficient (Wildman–Crippen LogP) is 6.68. The first-order valence-corrected chi connectivity index (χ1v) is 10.5. The van der Waals surface area contributed by atoms with Crippen LogP contribution in [0.3, 0.4) is 0 Å². The van der Waals surface area contributed by atoms with Gasteiger partial charge in [0.05, 0.1) is 5.69 Å². The first-order valence-electron chi connectivity index (χ1n) is 10.5. The summed E-state index contributed by atoms with van der Waals surface area (Å²) in [5, 5.41) is 0. The Bertz CT molecular complexity index is 1260.